The highest BCUT2D eigenvalue weighted by molar-refractivity contribution is 5.13. The standard InChI is InChI=1S/C16H29N3/c1-5-14-9-15(19(4)18-14)10-16(7-6-8-16)12-17-11-13(2)3/h9,13,17H,5-8,10-12H2,1-4H3. The Morgan fingerprint density at radius 3 is 2.63 bits per heavy atom. The lowest BCUT2D eigenvalue weighted by molar-refractivity contribution is 0.126. The Bertz CT molecular complexity index is 402. The fourth-order valence-electron chi connectivity index (χ4n) is 3.01. The molecule has 19 heavy (non-hydrogen) atoms. The van der Waals surface area contributed by atoms with Crippen molar-refractivity contribution in [3.05, 3.63) is 17.5 Å². The van der Waals surface area contributed by atoms with Crippen LogP contribution in [0.2, 0.25) is 0 Å². The summed E-state index contributed by atoms with van der Waals surface area (Å²) < 4.78 is 2.08. The van der Waals surface area contributed by atoms with E-state index in [4.69, 9.17) is 0 Å². The van der Waals surface area contributed by atoms with E-state index in [0.29, 0.717) is 5.41 Å². The van der Waals surface area contributed by atoms with Gasteiger partial charge in [-0.05, 0) is 49.6 Å². The summed E-state index contributed by atoms with van der Waals surface area (Å²) in [6, 6.07) is 2.29. The smallest absolute Gasteiger partial charge is 0.0624 e. The molecule has 3 heteroatoms. The van der Waals surface area contributed by atoms with Crippen LogP contribution in [0.3, 0.4) is 0 Å². The van der Waals surface area contributed by atoms with Crippen LogP contribution in [0.5, 0.6) is 0 Å². The highest BCUT2D eigenvalue weighted by Gasteiger charge is 2.37. The molecule has 0 unspecified atom stereocenters. The van der Waals surface area contributed by atoms with Gasteiger partial charge >= 0.3 is 0 Å². The summed E-state index contributed by atoms with van der Waals surface area (Å²) in [4.78, 5) is 0. The van der Waals surface area contributed by atoms with Crippen LogP contribution in [0, 0.1) is 11.3 Å². The summed E-state index contributed by atoms with van der Waals surface area (Å²) >= 11 is 0. The Balaban J connectivity index is 1.95. The third-order valence-electron chi connectivity index (χ3n) is 4.41. The van der Waals surface area contributed by atoms with Crippen molar-refractivity contribution in [2.24, 2.45) is 18.4 Å². The van der Waals surface area contributed by atoms with Crippen LogP contribution >= 0.6 is 0 Å². The van der Waals surface area contributed by atoms with Crippen molar-refractivity contribution in [3.8, 4) is 0 Å². The highest BCUT2D eigenvalue weighted by Crippen LogP contribution is 2.43. The van der Waals surface area contributed by atoms with Gasteiger partial charge in [-0.3, -0.25) is 4.68 Å². The first-order valence-electron chi connectivity index (χ1n) is 7.77. The van der Waals surface area contributed by atoms with Crippen molar-refractivity contribution in [1.29, 1.82) is 0 Å². The summed E-state index contributed by atoms with van der Waals surface area (Å²) in [7, 11) is 2.09. The Labute approximate surface area is 117 Å². The summed E-state index contributed by atoms with van der Waals surface area (Å²) in [5, 5.41) is 8.23. The molecule has 0 spiro atoms. The molecule has 1 fully saturated rings. The van der Waals surface area contributed by atoms with E-state index in [-0.39, 0.29) is 0 Å². The number of hydrogen-bond acceptors (Lipinski definition) is 2. The molecule has 1 aromatic heterocycles. The molecule has 1 N–H and O–H groups in total. The first-order chi connectivity index (χ1) is 9.04. The summed E-state index contributed by atoms with van der Waals surface area (Å²) in [6.45, 7) is 9.02. The molecule has 0 amide bonds. The van der Waals surface area contributed by atoms with Crippen molar-refractivity contribution in [3.63, 3.8) is 0 Å². The first-order valence-corrected chi connectivity index (χ1v) is 7.77. The zero-order valence-corrected chi connectivity index (χ0v) is 13.0. The minimum atomic E-state index is 0.494. The van der Waals surface area contributed by atoms with E-state index < -0.39 is 0 Å². The van der Waals surface area contributed by atoms with Gasteiger partial charge in [0.1, 0.15) is 0 Å². The van der Waals surface area contributed by atoms with Crippen molar-refractivity contribution in [2.75, 3.05) is 13.1 Å². The van der Waals surface area contributed by atoms with Gasteiger partial charge in [-0.2, -0.15) is 5.10 Å². The lowest BCUT2D eigenvalue weighted by atomic mass is 9.66. The molecule has 0 atom stereocenters. The molecule has 0 aliphatic heterocycles. The predicted octanol–water partition coefficient (Wildman–Crippen LogP) is 2.94. The first kappa shape index (κ1) is 14.6. The Kier molecular flexibility index (Phi) is 4.67. The number of nitrogens with one attached hydrogen (secondary N) is 1. The minimum Gasteiger partial charge on any atom is -0.316 e. The van der Waals surface area contributed by atoms with Crippen LogP contribution in [0.15, 0.2) is 6.07 Å². The van der Waals surface area contributed by atoms with E-state index in [2.05, 4.69) is 49.0 Å². The second-order valence-corrected chi connectivity index (χ2v) is 6.66. The molecular weight excluding hydrogens is 234 g/mol. The van der Waals surface area contributed by atoms with Gasteiger partial charge in [-0.15, -0.1) is 0 Å². The molecule has 0 saturated heterocycles. The van der Waals surface area contributed by atoms with E-state index in [1.807, 2.05) is 0 Å². The van der Waals surface area contributed by atoms with Gasteiger partial charge in [0.05, 0.1) is 5.69 Å². The second-order valence-electron chi connectivity index (χ2n) is 6.66. The van der Waals surface area contributed by atoms with Crippen LogP contribution in [-0.2, 0) is 19.9 Å². The van der Waals surface area contributed by atoms with Crippen LogP contribution in [0.25, 0.3) is 0 Å². The Hall–Kier alpha value is -0.830. The summed E-state index contributed by atoms with van der Waals surface area (Å²) in [5.41, 5.74) is 3.12. The average molecular weight is 263 g/mol. The minimum absolute atomic E-state index is 0.494. The number of rotatable bonds is 7. The van der Waals surface area contributed by atoms with Gasteiger partial charge in [0.25, 0.3) is 0 Å². The maximum Gasteiger partial charge on any atom is 0.0624 e. The molecule has 108 valence electrons. The lowest BCUT2D eigenvalue weighted by Crippen LogP contribution is -2.43. The molecule has 0 radical (unpaired) electrons. The van der Waals surface area contributed by atoms with E-state index >= 15 is 0 Å². The monoisotopic (exact) mass is 263 g/mol. The van der Waals surface area contributed by atoms with Gasteiger partial charge in [0.2, 0.25) is 0 Å². The molecule has 0 bridgehead atoms. The number of aryl methyl sites for hydroxylation is 2. The molecule has 1 aliphatic rings. The molecule has 3 nitrogen and oxygen atoms in total. The molecule has 2 rings (SSSR count). The van der Waals surface area contributed by atoms with Crippen LogP contribution in [0.1, 0.15) is 51.4 Å². The molecule has 1 aliphatic carbocycles. The number of aromatic nitrogens is 2. The Morgan fingerprint density at radius 1 is 1.42 bits per heavy atom. The quantitative estimate of drug-likeness (QED) is 0.819. The molecule has 0 aromatic carbocycles. The maximum atomic E-state index is 4.58. The fraction of sp³-hybridized carbons (Fsp3) is 0.812. The van der Waals surface area contributed by atoms with Gasteiger partial charge < -0.3 is 5.32 Å². The maximum absolute atomic E-state index is 4.58. The van der Waals surface area contributed by atoms with E-state index in [1.54, 1.807) is 0 Å². The summed E-state index contributed by atoms with van der Waals surface area (Å²) in [5.74, 6) is 0.737. The third kappa shape index (κ3) is 3.59. The van der Waals surface area contributed by atoms with Crippen molar-refractivity contribution < 1.29 is 0 Å². The normalized spacial score (nSPS) is 17.7. The van der Waals surface area contributed by atoms with Crippen molar-refractivity contribution >= 4 is 0 Å². The number of hydrogen-bond donors (Lipinski definition) is 1. The van der Waals surface area contributed by atoms with Gasteiger partial charge in [0, 0.05) is 19.3 Å². The third-order valence-corrected chi connectivity index (χ3v) is 4.41. The topological polar surface area (TPSA) is 29.9 Å². The van der Waals surface area contributed by atoms with Crippen LogP contribution in [0.4, 0.5) is 0 Å². The lowest BCUT2D eigenvalue weighted by Gasteiger charge is -2.42. The van der Waals surface area contributed by atoms with Crippen LogP contribution in [-0.4, -0.2) is 22.9 Å². The average Bonchev–Trinajstić information content (AvgIpc) is 2.66. The van der Waals surface area contributed by atoms with Gasteiger partial charge in [0.15, 0.2) is 0 Å². The van der Waals surface area contributed by atoms with E-state index in [9.17, 15) is 0 Å². The second kappa shape index (κ2) is 6.08. The highest BCUT2D eigenvalue weighted by atomic mass is 15.3. The SMILES string of the molecule is CCc1cc(CC2(CNCC(C)C)CCC2)n(C)n1. The van der Waals surface area contributed by atoms with Crippen LogP contribution < -0.4 is 5.32 Å². The van der Waals surface area contributed by atoms with E-state index in [0.717, 1.165) is 25.4 Å². The van der Waals surface area contributed by atoms with E-state index in [1.165, 1.54) is 37.1 Å². The predicted molar refractivity (Wildman–Crippen MR) is 80.3 cm³/mol. The molecule has 1 heterocycles. The zero-order valence-electron chi connectivity index (χ0n) is 13.0. The fourth-order valence-corrected chi connectivity index (χ4v) is 3.01. The van der Waals surface area contributed by atoms with Crippen molar-refractivity contribution in [2.45, 2.75) is 52.9 Å². The Morgan fingerprint density at radius 2 is 2.16 bits per heavy atom. The largest absolute Gasteiger partial charge is 0.316 e. The molecule has 1 saturated carbocycles. The molecular formula is C16H29N3. The van der Waals surface area contributed by atoms with Crippen molar-refractivity contribution in [1.82, 2.24) is 15.1 Å². The van der Waals surface area contributed by atoms with Gasteiger partial charge in [-0.25, -0.2) is 0 Å². The zero-order chi connectivity index (χ0) is 13.9. The number of nitrogens with zero attached hydrogens (tertiary/aromatic N) is 2. The summed E-state index contributed by atoms with van der Waals surface area (Å²) in [6.07, 6.45) is 6.34. The van der Waals surface area contributed by atoms with Gasteiger partial charge in [-0.1, -0.05) is 27.2 Å². The molecule has 1 aromatic rings.